The van der Waals surface area contributed by atoms with Gasteiger partial charge in [0.05, 0.1) is 12.2 Å². The molecule has 0 aliphatic heterocycles. The predicted octanol–water partition coefficient (Wildman–Crippen LogP) is 2.76. The van der Waals surface area contributed by atoms with E-state index in [9.17, 15) is 4.79 Å². The molecule has 0 fully saturated rings. The number of aromatic nitrogens is 3. The Morgan fingerprint density at radius 3 is 2.68 bits per heavy atom. The third-order valence-electron chi connectivity index (χ3n) is 3.87. The quantitative estimate of drug-likeness (QED) is 0.710. The first-order chi connectivity index (χ1) is 12.0. The molecule has 25 heavy (non-hydrogen) atoms. The van der Waals surface area contributed by atoms with Crippen LogP contribution >= 0.6 is 0 Å². The van der Waals surface area contributed by atoms with Crippen LogP contribution in [0.15, 0.2) is 24.3 Å². The number of hydrogen-bond acceptors (Lipinski definition) is 7. The van der Waals surface area contributed by atoms with Gasteiger partial charge in [-0.05, 0) is 44.7 Å². The highest BCUT2D eigenvalue weighted by Gasteiger charge is 2.14. The molecule has 0 saturated heterocycles. The van der Waals surface area contributed by atoms with Crippen LogP contribution in [0.3, 0.4) is 0 Å². The Kier molecular flexibility index (Phi) is 6.68. The van der Waals surface area contributed by atoms with Gasteiger partial charge in [0, 0.05) is 6.04 Å². The second-order valence-electron chi connectivity index (χ2n) is 5.73. The van der Waals surface area contributed by atoms with E-state index in [1.165, 1.54) is 0 Å². The molecule has 0 spiro atoms. The topological polar surface area (TPSA) is 103 Å². The zero-order valence-electron chi connectivity index (χ0n) is 15.0. The summed E-state index contributed by atoms with van der Waals surface area (Å²) in [5, 5.41) is 3.30. The van der Waals surface area contributed by atoms with Gasteiger partial charge < -0.3 is 15.8 Å². The van der Waals surface area contributed by atoms with Gasteiger partial charge in [-0.3, -0.25) is 0 Å². The van der Waals surface area contributed by atoms with Gasteiger partial charge in [0.2, 0.25) is 11.9 Å². The third kappa shape index (κ3) is 5.41. The molecule has 0 bridgehead atoms. The Balaban J connectivity index is 2.04. The van der Waals surface area contributed by atoms with E-state index in [1.807, 2.05) is 18.2 Å². The van der Waals surface area contributed by atoms with Crippen LogP contribution < -0.4 is 11.1 Å². The van der Waals surface area contributed by atoms with Gasteiger partial charge in [0.15, 0.2) is 0 Å². The summed E-state index contributed by atoms with van der Waals surface area (Å²) in [6.07, 6.45) is 2.48. The summed E-state index contributed by atoms with van der Waals surface area (Å²) in [5.41, 5.74) is 7.27. The molecule has 7 heteroatoms. The summed E-state index contributed by atoms with van der Waals surface area (Å²) in [4.78, 5) is 24.4. The molecule has 7 nitrogen and oxygen atoms in total. The zero-order chi connectivity index (χ0) is 18.2. The van der Waals surface area contributed by atoms with Crippen LogP contribution in [-0.4, -0.2) is 33.6 Å². The van der Waals surface area contributed by atoms with Crippen molar-refractivity contribution in [2.45, 2.75) is 46.1 Å². The van der Waals surface area contributed by atoms with Gasteiger partial charge in [-0.15, -0.1) is 0 Å². The molecule has 134 valence electrons. The fourth-order valence-electron chi connectivity index (χ4n) is 2.60. The largest absolute Gasteiger partial charge is 0.462 e. The molecule has 0 aliphatic rings. The third-order valence-corrected chi connectivity index (χ3v) is 3.87. The molecule has 2 rings (SSSR count). The number of nitrogen functional groups attached to an aromatic ring is 1. The first-order valence-corrected chi connectivity index (χ1v) is 8.53. The van der Waals surface area contributed by atoms with Crippen molar-refractivity contribution in [2.24, 2.45) is 0 Å². The molecule has 0 saturated carbocycles. The maximum Gasteiger partial charge on any atom is 0.338 e. The standard InChI is InChI=1S/C18H25N5O2/c1-4-14(22-18-21-12(3)20-17(19)23-18)11-10-13-8-6-7-9-15(13)16(24)25-5-2/h6-9,14H,4-5,10-11H2,1-3H3,(H3,19,20,21,22,23). The monoisotopic (exact) mass is 343 g/mol. The van der Waals surface area contributed by atoms with E-state index in [1.54, 1.807) is 19.9 Å². The number of hydrogen-bond donors (Lipinski definition) is 2. The number of aryl methyl sites for hydroxylation is 2. The second-order valence-corrected chi connectivity index (χ2v) is 5.73. The van der Waals surface area contributed by atoms with Crippen molar-refractivity contribution in [3.63, 3.8) is 0 Å². The summed E-state index contributed by atoms with van der Waals surface area (Å²) in [6, 6.07) is 7.71. The van der Waals surface area contributed by atoms with E-state index in [0.717, 1.165) is 24.8 Å². The van der Waals surface area contributed by atoms with Crippen LogP contribution in [0.4, 0.5) is 11.9 Å². The normalized spacial score (nSPS) is 11.8. The molecular weight excluding hydrogens is 318 g/mol. The lowest BCUT2D eigenvalue weighted by molar-refractivity contribution is 0.0525. The fraction of sp³-hybridized carbons (Fsp3) is 0.444. The van der Waals surface area contributed by atoms with Crippen LogP contribution in [0.25, 0.3) is 0 Å². The van der Waals surface area contributed by atoms with Crippen LogP contribution in [0, 0.1) is 6.92 Å². The number of rotatable bonds is 8. The summed E-state index contributed by atoms with van der Waals surface area (Å²) in [5.74, 6) is 0.991. The van der Waals surface area contributed by atoms with Crippen LogP contribution in [-0.2, 0) is 11.2 Å². The maximum absolute atomic E-state index is 12.1. The van der Waals surface area contributed by atoms with E-state index in [4.69, 9.17) is 10.5 Å². The van der Waals surface area contributed by atoms with Crippen molar-refractivity contribution in [3.8, 4) is 0 Å². The molecule has 1 unspecified atom stereocenters. The van der Waals surface area contributed by atoms with Gasteiger partial charge in [0.1, 0.15) is 5.82 Å². The molecule has 1 aromatic heterocycles. The van der Waals surface area contributed by atoms with Gasteiger partial charge >= 0.3 is 5.97 Å². The molecule has 1 aromatic carbocycles. The smallest absolute Gasteiger partial charge is 0.338 e. The van der Waals surface area contributed by atoms with Crippen LogP contribution in [0.1, 0.15) is 48.4 Å². The van der Waals surface area contributed by atoms with Crippen molar-refractivity contribution in [1.29, 1.82) is 0 Å². The zero-order valence-corrected chi connectivity index (χ0v) is 15.0. The van der Waals surface area contributed by atoms with Crippen molar-refractivity contribution >= 4 is 17.9 Å². The Labute approximate surface area is 148 Å². The summed E-state index contributed by atoms with van der Waals surface area (Å²) in [6.45, 7) is 6.04. The molecular formula is C18H25N5O2. The number of nitrogens with zero attached hydrogens (tertiary/aromatic N) is 3. The summed E-state index contributed by atoms with van der Waals surface area (Å²) < 4.78 is 5.13. The van der Waals surface area contributed by atoms with Crippen LogP contribution in [0.2, 0.25) is 0 Å². The molecule has 0 amide bonds. The molecule has 1 heterocycles. The highest BCUT2D eigenvalue weighted by molar-refractivity contribution is 5.91. The Hall–Kier alpha value is -2.70. The molecule has 0 aliphatic carbocycles. The van der Waals surface area contributed by atoms with E-state index in [2.05, 4.69) is 27.2 Å². The van der Waals surface area contributed by atoms with E-state index >= 15 is 0 Å². The van der Waals surface area contributed by atoms with Gasteiger partial charge in [-0.2, -0.15) is 15.0 Å². The van der Waals surface area contributed by atoms with Crippen molar-refractivity contribution in [1.82, 2.24) is 15.0 Å². The molecule has 2 aromatic rings. The first kappa shape index (κ1) is 18.6. The number of carbonyl (C=O) groups is 1. The SMILES string of the molecule is CCOC(=O)c1ccccc1CCC(CC)Nc1nc(C)nc(N)n1. The highest BCUT2D eigenvalue weighted by atomic mass is 16.5. The summed E-state index contributed by atoms with van der Waals surface area (Å²) >= 11 is 0. The van der Waals surface area contributed by atoms with Crippen molar-refractivity contribution in [3.05, 3.63) is 41.2 Å². The number of esters is 1. The minimum atomic E-state index is -0.278. The minimum absolute atomic E-state index is 0.163. The minimum Gasteiger partial charge on any atom is -0.462 e. The van der Waals surface area contributed by atoms with Gasteiger partial charge in [-0.25, -0.2) is 4.79 Å². The molecule has 1 atom stereocenters. The summed E-state index contributed by atoms with van der Waals surface area (Å²) in [7, 11) is 0. The van der Waals surface area contributed by atoms with Crippen molar-refractivity contribution in [2.75, 3.05) is 17.7 Å². The maximum atomic E-state index is 12.1. The average Bonchev–Trinajstić information content (AvgIpc) is 2.58. The Morgan fingerprint density at radius 1 is 1.24 bits per heavy atom. The van der Waals surface area contributed by atoms with Gasteiger partial charge in [0.25, 0.3) is 0 Å². The number of nitrogens with one attached hydrogen (secondary N) is 1. The van der Waals surface area contributed by atoms with Gasteiger partial charge in [-0.1, -0.05) is 25.1 Å². The molecule has 0 radical (unpaired) electrons. The van der Waals surface area contributed by atoms with E-state index < -0.39 is 0 Å². The lowest BCUT2D eigenvalue weighted by Gasteiger charge is -2.18. The number of carbonyl (C=O) groups excluding carboxylic acids is 1. The Morgan fingerprint density at radius 2 is 2.00 bits per heavy atom. The lowest BCUT2D eigenvalue weighted by atomic mass is 9.99. The Bertz CT molecular complexity index is 700. The number of nitrogens with two attached hydrogens (primary N) is 1. The fourth-order valence-corrected chi connectivity index (χ4v) is 2.60. The highest BCUT2D eigenvalue weighted by Crippen LogP contribution is 2.16. The van der Waals surface area contributed by atoms with Crippen molar-refractivity contribution < 1.29 is 9.53 Å². The second kappa shape index (κ2) is 8.96. The average molecular weight is 343 g/mol. The molecule has 3 N–H and O–H groups in total. The predicted molar refractivity (Wildman–Crippen MR) is 97.4 cm³/mol. The van der Waals surface area contributed by atoms with E-state index in [0.29, 0.717) is 23.9 Å². The number of anilines is 2. The number of benzene rings is 1. The lowest BCUT2D eigenvalue weighted by Crippen LogP contribution is -2.22. The first-order valence-electron chi connectivity index (χ1n) is 8.53. The van der Waals surface area contributed by atoms with E-state index in [-0.39, 0.29) is 18.0 Å². The van der Waals surface area contributed by atoms with Crippen LogP contribution in [0.5, 0.6) is 0 Å². The number of ether oxygens (including phenoxy) is 1.